The number of carboxylic acids is 1. The SMILES string of the molecule is Cc1cc2c(cc1O)OC(C(F)(F)F)C(C(=O)O)=C2. The molecular formula is C12H9F3O4. The van der Waals surface area contributed by atoms with Crippen molar-refractivity contribution in [3.05, 3.63) is 28.8 Å². The molecule has 4 nitrogen and oxygen atoms in total. The predicted molar refractivity (Wildman–Crippen MR) is 58.9 cm³/mol. The minimum absolute atomic E-state index is 0.188. The van der Waals surface area contributed by atoms with E-state index in [-0.39, 0.29) is 17.1 Å². The maximum absolute atomic E-state index is 12.7. The fraction of sp³-hybridized carbons (Fsp3) is 0.250. The Hall–Kier alpha value is -2.18. The second-order valence-corrected chi connectivity index (χ2v) is 4.12. The van der Waals surface area contributed by atoms with Gasteiger partial charge in [-0.2, -0.15) is 13.2 Å². The monoisotopic (exact) mass is 274 g/mol. The van der Waals surface area contributed by atoms with Crippen LogP contribution in [-0.4, -0.2) is 28.5 Å². The highest BCUT2D eigenvalue weighted by molar-refractivity contribution is 5.95. The summed E-state index contributed by atoms with van der Waals surface area (Å²) >= 11 is 0. The third-order valence-corrected chi connectivity index (χ3v) is 2.71. The summed E-state index contributed by atoms with van der Waals surface area (Å²) in [5.74, 6) is -2.11. The molecule has 0 amide bonds. The molecule has 19 heavy (non-hydrogen) atoms. The van der Waals surface area contributed by atoms with Crippen LogP contribution < -0.4 is 4.74 Å². The number of hydrogen-bond donors (Lipinski definition) is 2. The van der Waals surface area contributed by atoms with Gasteiger partial charge in [0.15, 0.2) is 0 Å². The number of phenolic OH excluding ortho intramolecular Hbond substituents is 1. The molecule has 1 atom stereocenters. The molecule has 2 rings (SSSR count). The first-order valence-corrected chi connectivity index (χ1v) is 5.22. The number of carboxylic acid groups (broad SMARTS) is 1. The molecule has 2 N–H and O–H groups in total. The zero-order valence-corrected chi connectivity index (χ0v) is 9.65. The zero-order chi connectivity index (χ0) is 14.4. The zero-order valence-electron chi connectivity index (χ0n) is 9.65. The van der Waals surface area contributed by atoms with Crippen molar-refractivity contribution in [2.45, 2.75) is 19.2 Å². The number of aromatic hydroxyl groups is 1. The van der Waals surface area contributed by atoms with E-state index < -0.39 is 23.8 Å². The van der Waals surface area contributed by atoms with E-state index >= 15 is 0 Å². The van der Waals surface area contributed by atoms with Crippen LogP contribution in [0.15, 0.2) is 17.7 Å². The number of phenols is 1. The second-order valence-electron chi connectivity index (χ2n) is 4.12. The molecule has 7 heteroatoms. The number of halogens is 3. The molecule has 1 aromatic rings. The lowest BCUT2D eigenvalue weighted by Gasteiger charge is -2.27. The number of hydrogen-bond acceptors (Lipinski definition) is 3. The predicted octanol–water partition coefficient (Wildman–Crippen LogP) is 2.49. The van der Waals surface area contributed by atoms with Crippen molar-refractivity contribution >= 4 is 12.0 Å². The summed E-state index contributed by atoms with van der Waals surface area (Å²) in [6, 6.07) is 2.40. The van der Waals surface area contributed by atoms with Gasteiger partial charge in [-0.25, -0.2) is 4.79 Å². The number of ether oxygens (including phenoxy) is 1. The van der Waals surface area contributed by atoms with Crippen LogP contribution in [0.1, 0.15) is 11.1 Å². The van der Waals surface area contributed by atoms with Crippen molar-refractivity contribution in [1.82, 2.24) is 0 Å². The molecule has 102 valence electrons. The summed E-state index contributed by atoms with van der Waals surface area (Å²) in [6.45, 7) is 1.54. The number of alkyl halides is 3. The number of aliphatic carboxylic acids is 1. The smallest absolute Gasteiger partial charge is 0.430 e. The number of rotatable bonds is 1. The quantitative estimate of drug-likeness (QED) is 0.825. The van der Waals surface area contributed by atoms with Crippen molar-refractivity contribution in [2.75, 3.05) is 0 Å². The fourth-order valence-electron chi connectivity index (χ4n) is 1.77. The first-order chi connectivity index (χ1) is 8.70. The molecule has 0 bridgehead atoms. The Morgan fingerprint density at radius 3 is 2.53 bits per heavy atom. The Morgan fingerprint density at radius 2 is 2.00 bits per heavy atom. The van der Waals surface area contributed by atoms with Crippen molar-refractivity contribution in [3.63, 3.8) is 0 Å². The standard InChI is InChI=1S/C12H9F3O4/c1-5-2-6-3-7(11(17)18)10(12(13,14)15)19-9(6)4-8(5)16/h2-4,10,16H,1H3,(H,17,18). The van der Waals surface area contributed by atoms with Crippen LogP contribution in [0.4, 0.5) is 13.2 Å². The Kier molecular flexibility index (Phi) is 2.92. The van der Waals surface area contributed by atoms with Crippen LogP contribution in [-0.2, 0) is 4.79 Å². The maximum Gasteiger partial charge on any atom is 0.430 e. The molecule has 0 saturated carbocycles. The highest BCUT2D eigenvalue weighted by atomic mass is 19.4. The van der Waals surface area contributed by atoms with Crippen LogP contribution in [0.3, 0.4) is 0 Å². The van der Waals surface area contributed by atoms with E-state index in [4.69, 9.17) is 5.11 Å². The average molecular weight is 274 g/mol. The van der Waals surface area contributed by atoms with Crippen LogP contribution in [0, 0.1) is 6.92 Å². The largest absolute Gasteiger partial charge is 0.508 e. The number of benzene rings is 1. The van der Waals surface area contributed by atoms with Crippen LogP contribution in [0.25, 0.3) is 6.08 Å². The molecule has 1 unspecified atom stereocenters. The van der Waals surface area contributed by atoms with Gasteiger partial charge in [-0.3, -0.25) is 0 Å². The Balaban J connectivity index is 2.57. The highest BCUT2D eigenvalue weighted by Crippen LogP contribution is 2.39. The summed E-state index contributed by atoms with van der Waals surface area (Å²) in [5.41, 5.74) is -0.285. The lowest BCUT2D eigenvalue weighted by atomic mass is 9.99. The summed E-state index contributed by atoms with van der Waals surface area (Å²) in [6.07, 6.45) is -6.48. The molecule has 0 aliphatic carbocycles. The van der Waals surface area contributed by atoms with E-state index in [0.29, 0.717) is 5.56 Å². The minimum Gasteiger partial charge on any atom is -0.508 e. The molecule has 1 aliphatic heterocycles. The van der Waals surface area contributed by atoms with Gasteiger partial charge in [-0.05, 0) is 24.6 Å². The molecule has 0 radical (unpaired) electrons. The first-order valence-electron chi connectivity index (χ1n) is 5.22. The van der Waals surface area contributed by atoms with Gasteiger partial charge in [-0.1, -0.05) is 0 Å². The number of carbonyl (C=O) groups is 1. The molecule has 0 aromatic heterocycles. The van der Waals surface area contributed by atoms with Gasteiger partial charge in [0.05, 0.1) is 5.57 Å². The van der Waals surface area contributed by atoms with E-state index in [9.17, 15) is 23.1 Å². The first kappa shape index (κ1) is 13.3. The van der Waals surface area contributed by atoms with E-state index in [1.165, 1.54) is 6.07 Å². The Labute approximate surface area is 105 Å². The van der Waals surface area contributed by atoms with E-state index in [0.717, 1.165) is 12.1 Å². The van der Waals surface area contributed by atoms with Gasteiger partial charge in [0.2, 0.25) is 6.10 Å². The van der Waals surface area contributed by atoms with Gasteiger partial charge in [-0.15, -0.1) is 0 Å². The van der Waals surface area contributed by atoms with Gasteiger partial charge >= 0.3 is 12.1 Å². The average Bonchev–Trinajstić information content (AvgIpc) is 2.27. The lowest BCUT2D eigenvalue weighted by molar-refractivity contribution is -0.187. The molecule has 0 saturated heterocycles. The van der Waals surface area contributed by atoms with Gasteiger partial charge < -0.3 is 14.9 Å². The van der Waals surface area contributed by atoms with E-state index in [1.807, 2.05) is 0 Å². The molecule has 1 heterocycles. The molecular weight excluding hydrogens is 265 g/mol. The topological polar surface area (TPSA) is 66.8 Å². The van der Waals surface area contributed by atoms with Crippen molar-refractivity contribution in [2.24, 2.45) is 0 Å². The fourth-order valence-corrected chi connectivity index (χ4v) is 1.77. The Morgan fingerprint density at radius 1 is 1.37 bits per heavy atom. The number of fused-ring (bicyclic) bond motifs is 1. The highest BCUT2D eigenvalue weighted by Gasteiger charge is 2.48. The third-order valence-electron chi connectivity index (χ3n) is 2.71. The van der Waals surface area contributed by atoms with Crippen LogP contribution in [0.5, 0.6) is 11.5 Å². The molecule has 0 fully saturated rings. The van der Waals surface area contributed by atoms with Gasteiger partial charge in [0, 0.05) is 11.6 Å². The van der Waals surface area contributed by atoms with Crippen molar-refractivity contribution in [1.29, 1.82) is 0 Å². The lowest BCUT2D eigenvalue weighted by Crippen LogP contribution is -2.40. The summed E-state index contributed by atoms with van der Waals surface area (Å²) < 4.78 is 42.9. The molecule has 1 aromatic carbocycles. The van der Waals surface area contributed by atoms with Crippen molar-refractivity contribution < 1.29 is 32.9 Å². The number of aryl methyl sites for hydroxylation is 1. The van der Waals surface area contributed by atoms with Gasteiger partial charge in [0.25, 0.3) is 0 Å². The van der Waals surface area contributed by atoms with E-state index in [2.05, 4.69) is 4.74 Å². The molecule has 1 aliphatic rings. The van der Waals surface area contributed by atoms with Crippen molar-refractivity contribution in [3.8, 4) is 11.5 Å². The summed E-state index contributed by atoms with van der Waals surface area (Å²) in [5, 5.41) is 18.3. The Bertz CT molecular complexity index is 575. The normalized spacial score (nSPS) is 18.3. The minimum atomic E-state index is -4.84. The van der Waals surface area contributed by atoms with Crippen LogP contribution >= 0.6 is 0 Å². The van der Waals surface area contributed by atoms with Crippen LogP contribution in [0.2, 0.25) is 0 Å². The maximum atomic E-state index is 12.7. The summed E-state index contributed by atoms with van der Waals surface area (Å²) in [4.78, 5) is 10.9. The summed E-state index contributed by atoms with van der Waals surface area (Å²) in [7, 11) is 0. The van der Waals surface area contributed by atoms with E-state index in [1.54, 1.807) is 6.92 Å². The molecule has 0 spiro atoms. The van der Waals surface area contributed by atoms with Gasteiger partial charge in [0.1, 0.15) is 11.5 Å². The second kappa shape index (κ2) is 4.18. The third kappa shape index (κ3) is 2.35.